The zero-order valence-electron chi connectivity index (χ0n) is 12.3. The second kappa shape index (κ2) is 5.43. The molecule has 0 unspecified atom stereocenters. The van der Waals surface area contributed by atoms with Crippen LogP contribution < -0.4 is 5.32 Å². The minimum atomic E-state index is 0.348. The van der Waals surface area contributed by atoms with Gasteiger partial charge in [-0.15, -0.1) is 0 Å². The highest BCUT2D eigenvalue weighted by atomic mass is 79.9. The van der Waals surface area contributed by atoms with Crippen molar-refractivity contribution < 1.29 is 0 Å². The van der Waals surface area contributed by atoms with Crippen molar-refractivity contribution in [3.63, 3.8) is 0 Å². The first-order valence-electron chi connectivity index (χ1n) is 7.62. The molecule has 0 saturated carbocycles. The lowest BCUT2D eigenvalue weighted by molar-refractivity contribution is 0.425. The molecule has 1 nitrogen and oxygen atoms in total. The third-order valence-corrected chi connectivity index (χ3v) is 5.61. The molecule has 0 spiro atoms. The number of rotatable bonds is 1. The quantitative estimate of drug-likeness (QED) is 0.583. The Labute approximate surface area is 144 Å². The van der Waals surface area contributed by atoms with Crippen LogP contribution in [0.5, 0.6) is 0 Å². The summed E-state index contributed by atoms with van der Waals surface area (Å²) in [5.74, 6) is 1.02. The number of allylic oxidation sites excluding steroid dienone is 2. The number of nitrogens with one attached hydrogen (secondary N) is 1. The summed E-state index contributed by atoms with van der Waals surface area (Å²) in [6.45, 7) is 2.13. The van der Waals surface area contributed by atoms with E-state index in [-0.39, 0.29) is 0 Å². The van der Waals surface area contributed by atoms with Gasteiger partial charge in [-0.05, 0) is 60.2 Å². The minimum Gasteiger partial charge on any atom is -0.377 e. The van der Waals surface area contributed by atoms with E-state index in [2.05, 4.69) is 70.7 Å². The molecule has 3 heteroatoms. The van der Waals surface area contributed by atoms with Crippen LogP contribution in [-0.4, -0.2) is 0 Å². The maximum Gasteiger partial charge on any atom is 0.0554 e. The van der Waals surface area contributed by atoms with Crippen molar-refractivity contribution in [2.24, 2.45) is 5.92 Å². The molecular formula is C19H17BrClN. The van der Waals surface area contributed by atoms with Crippen molar-refractivity contribution in [1.29, 1.82) is 0 Å². The van der Waals surface area contributed by atoms with E-state index in [1.807, 2.05) is 6.07 Å². The van der Waals surface area contributed by atoms with Gasteiger partial charge < -0.3 is 5.32 Å². The Hall–Kier alpha value is -1.25. The summed E-state index contributed by atoms with van der Waals surface area (Å²) in [4.78, 5) is 0. The predicted octanol–water partition coefficient (Wildman–Crippen LogP) is 6.24. The highest BCUT2D eigenvalue weighted by molar-refractivity contribution is 9.10. The second-order valence-corrected chi connectivity index (χ2v) is 7.57. The summed E-state index contributed by atoms with van der Waals surface area (Å²) >= 11 is 9.81. The van der Waals surface area contributed by atoms with Crippen molar-refractivity contribution >= 4 is 33.2 Å². The molecule has 0 bridgehead atoms. The minimum absolute atomic E-state index is 0.348. The predicted molar refractivity (Wildman–Crippen MR) is 96.7 cm³/mol. The topological polar surface area (TPSA) is 12.0 Å². The summed E-state index contributed by atoms with van der Waals surface area (Å²) in [6, 6.07) is 13.2. The smallest absolute Gasteiger partial charge is 0.0554 e. The highest BCUT2D eigenvalue weighted by Crippen LogP contribution is 2.51. The molecule has 3 atom stereocenters. The second-order valence-electron chi connectivity index (χ2n) is 6.21. The van der Waals surface area contributed by atoms with Crippen molar-refractivity contribution in [1.82, 2.24) is 0 Å². The van der Waals surface area contributed by atoms with E-state index in [0.717, 1.165) is 15.9 Å². The van der Waals surface area contributed by atoms with Gasteiger partial charge in [0, 0.05) is 21.1 Å². The van der Waals surface area contributed by atoms with Gasteiger partial charge >= 0.3 is 0 Å². The van der Waals surface area contributed by atoms with Crippen LogP contribution in [0.3, 0.4) is 0 Å². The van der Waals surface area contributed by atoms with Crippen LogP contribution in [-0.2, 0) is 0 Å². The van der Waals surface area contributed by atoms with Crippen molar-refractivity contribution in [3.8, 4) is 0 Å². The molecule has 112 valence electrons. The summed E-state index contributed by atoms with van der Waals surface area (Å²) in [6.07, 6.45) is 5.78. The Morgan fingerprint density at radius 2 is 1.95 bits per heavy atom. The molecule has 2 aromatic rings. The van der Waals surface area contributed by atoms with Crippen LogP contribution >= 0.6 is 27.5 Å². The Morgan fingerprint density at radius 1 is 1.18 bits per heavy atom. The van der Waals surface area contributed by atoms with Crippen LogP contribution in [0.4, 0.5) is 5.69 Å². The maximum absolute atomic E-state index is 6.29. The molecular weight excluding hydrogens is 358 g/mol. The Kier molecular flexibility index (Phi) is 3.54. The fourth-order valence-corrected chi connectivity index (χ4v) is 4.39. The molecule has 0 amide bonds. The number of fused-ring (bicyclic) bond motifs is 3. The van der Waals surface area contributed by atoms with Crippen LogP contribution in [0.25, 0.3) is 0 Å². The van der Waals surface area contributed by atoms with Crippen LogP contribution in [0.2, 0.25) is 5.02 Å². The first kappa shape index (κ1) is 14.3. The molecule has 4 rings (SSSR count). The summed E-state index contributed by atoms with van der Waals surface area (Å²) in [5.41, 5.74) is 5.17. The average molecular weight is 375 g/mol. The zero-order chi connectivity index (χ0) is 15.3. The van der Waals surface area contributed by atoms with E-state index in [1.54, 1.807) is 0 Å². The van der Waals surface area contributed by atoms with E-state index in [4.69, 9.17) is 11.6 Å². The average Bonchev–Trinajstić information content (AvgIpc) is 2.97. The first-order valence-corrected chi connectivity index (χ1v) is 8.79. The maximum atomic E-state index is 6.29. The number of hydrogen-bond acceptors (Lipinski definition) is 1. The van der Waals surface area contributed by atoms with E-state index in [9.17, 15) is 0 Å². The third kappa shape index (κ3) is 2.29. The van der Waals surface area contributed by atoms with Gasteiger partial charge in [0.25, 0.3) is 0 Å². The highest BCUT2D eigenvalue weighted by Gasteiger charge is 2.38. The number of halogens is 2. The SMILES string of the molecule is Cc1cc(Cl)cc2c1N[C@H](c1ccc(Br)cc1)[C@H]1CC=C[C@@H]21. The molecule has 1 aliphatic carbocycles. The van der Waals surface area contributed by atoms with Crippen LogP contribution in [0, 0.1) is 12.8 Å². The fraction of sp³-hybridized carbons (Fsp3) is 0.263. The lowest BCUT2D eigenvalue weighted by Crippen LogP contribution is -2.29. The molecule has 22 heavy (non-hydrogen) atoms. The van der Waals surface area contributed by atoms with Crippen molar-refractivity contribution in [2.75, 3.05) is 5.32 Å². The van der Waals surface area contributed by atoms with Gasteiger partial charge in [0.05, 0.1) is 6.04 Å². The molecule has 0 fully saturated rings. The monoisotopic (exact) mass is 373 g/mol. The summed E-state index contributed by atoms with van der Waals surface area (Å²) in [7, 11) is 0. The van der Waals surface area contributed by atoms with E-state index in [0.29, 0.717) is 17.9 Å². The Bertz CT molecular complexity index is 751. The molecule has 0 aromatic heterocycles. The van der Waals surface area contributed by atoms with E-state index >= 15 is 0 Å². The molecule has 1 N–H and O–H groups in total. The number of benzene rings is 2. The Balaban J connectivity index is 1.82. The number of anilines is 1. The van der Waals surface area contributed by atoms with Crippen molar-refractivity contribution in [3.05, 3.63) is 74.7 Å². The molecule has 2 aliphatic rings. The van der Waals surface area contributed by atoms with Crippen LogP contribution in [0.1, 0.15) is 35.1 Å². The van der Waals surface area contributed by atoms with Gasteiger partial charge in [-0.25, -0.2) is 0 Å². The molecule has 2 aromatic carbocycles. The van der Waals surface area contributed by atoms with Gasteiger partial charge in [-0.2, -0.15) is 0 Å². The molecule has 0 radical (unpaired) electrons. The van der Waals surface area contributed by atoms with Crippen molar-refractivity contribution in [2.45, 2.75) is 25.3 Å². The summed E-state index contributed by atoms with van der Waals surface area (Å²) < 4.78 is 1.12. The largest absolute Gasteiger partial charge is 0.377 e. The third-order valence-electron chi connectivity index (χ3n) is 4.86. The lowest BCUT2D eigenvalue weighted by atomic mass is 9.76. The van der Waals surface area contributed by atoms with E-state index in [1.165, 1.54) is 22.4 Å². The fourth-order valence-electron chi connectivity index (χ4n) is 3.84. The number of aryl methyl sites for hydroxylation is 1. The lowest BCUT2D eigenvalue weighted by Gasteiger charge is -2.38. The Morgan fingerprint density at radius 3 is 2.73 bits per heavy atom. The molecule has 0 saturated heterocycles. The molecule has 1 aliphatic heterocycles. The van der Waals surface area contributed by atoms with Crippen LogP contribution in [0.15, 0.2) is 53.0 Å². The molecule has 1 heterocycles. The van der Waals surface area contributed by atoms with Gasteiger partial charge in [-0.3, -0.25) is 0 Å². The van der Waals surface area contributed by atoms with E-state index < -0.39 is 0 Å². The summed E-state index contributed by atoms with van der Waals surface area (Å²) in [5, 5.41) is 4.62. The number of hydrogen-bond donors (Lipinski definition) is 1. The van der Waals surface area contributed by atoms with Gasteiger partial charge in [0.1, 0.15) is 0 Å². The van der Waals surface area contributed by atoms with Gasteiger partial charge in [0.2, 0.25) is 0 Å². The van der Waals surface area contributed by atoms with Gasteiger partial charge in [0.15, 0.2) is 0 Å². The van der Waals surface area contributed by atoms with Gasteiger partial charge in [-0.1, -0.05) is 51.8 Å². The first-order chi connectivity index (χ1) is 10.6. The zero-order valence-corrected chi connectivity index (χ0v) is 14.7. The normalized spacial score (nSPS) is 25.5. The standard InChI is InChI=1S/C19H17BrClN/c1-11-9-14(21)10-17-15-3-2-4-16(15)19(22-18(11)17)12-5-7-13(20)8-6-12/h2-3,5-10,15-16,19,22H,4H2,1H3/t15-,16+,19-/m1/s1.